The lowest BCUT2D eigenvalue weighted by atomic mass is 10.2. The molecule has 0 N–H and O–H groups in total. The average Bonchev–Trinajstić information content (AvgIpc) is 2.09. The van der Waals surface area contributed by atoms with Crippen molar-refractivity contribution >= 4 is 5.78 Å². The van der Waals surface area contributed by atoms with Crippen molar-refractivity contribution in [3.63, 3.8) is 0 Å². The number of carbonyl (C=O) groups is 1. The minimum Gasteiger partial charge on any atom is -0.295 e. The third-order valence-corrected chi connectivity index (χ3v) is 0.973. The molecular weight excluding hydrogens is 193 g/mol. The van der Waals surface area contributed by atoms with E-state index in [2.05, 4.69) is 0 Å². The molecule has 0 atom stereocenters. The highest BCUT2D eigenvalue weighted by Gasteiger charge is 2.35. The van der Waals surface area contributed by atoms with Crippen LogP contribution >= 0.6 is 0 Å². The van der Waals surface area contributed by atoms with Crippen molar-refractivity contribution in [3.8, 4) is 0 Å². The predicted octanol–water partition coefficient (Wildman–Crippen LogP) is 4.14. The lowest BCUT2D eigenvalue weighted by molar-refractivity contribution is -0.127. The average molecular weight is 212 g/mol. The van der Waals surface area contributed by atoms with Crippen LogP contribution in [-0.2, 0) is 4.79 Å². The first kappa shape index (κ1) is 18.9. The lowest BCUT2D eigenvalue weighted by Gasteiger charge is -2.05. The zero-order chi connectivity index (χ0) is 12.4. The third kappa shape index (κ3) is 9.29. The van der Waals surface area contributed by atoms with Gasteiger partial charge in [0, 0.05) is 0 Å². The van der Waals surface area contributed by atoms with Crippen molar-refractivity contribution in [2.24, 2.45) is 0 Å². The zero-order valence-electron chi connectivity index (χ0n) is 9.62. The number of hydrogen-bond acceptors (Lipinski definition) is 1. The molecule has 1 nitrogen and oxygen atoms in total. The van der Waals surface area contributed by atoms with E-state index in [0.717, 1.165) is 13.0 Å². The van der Waals surface area contributed by atoms with Crippen molar-refractivity contribution in [3.05, 3.63) is 11.6 Å². The van der Waals surface area contributed by atoms with Gasteiger partial charge in [0.2, 0.25) is 0 Å². The fraction of sp³-hybridized carbons (Fsp3) is 0.700. The first-order valence-electron chi connectivity index (χ1n) is 4.64. The number of carbonyl (C=O) groups excluding carboxylic acids is 1. The van der Waals surface area contributed by atoms with Gasteiger partial charge in [-0.15, -0.1) is 0 Å². The molecule has 0 fully saturated rings. The van der Waals surface area contributed by atoms with E-state index in [4.69, 9.17) is 0 Å². The van der Waals surface area contributed by atoms with E-state index in [1.54, 1.807) is 0 Å². The quantitative estimate of drug-likeness (QED) is 0.597. The summed E-state index contributed by atoms with van der Waals surface area (Å²) in [6.07, 6.45) is -3.73. The normalized spacial score (nSPS) is 10.5. The van der Waals surface area contributed by atoms with Crippen LogP contribution in [0.1, 0.15) is 41.5 Å². The Morgan fingerprint density at radius 3 is 1.36 bits per heavy atom. The Labute approximate surface area is 84.0 Å². The molecule has 0 unspecified atom stereocenters. The van der Waals surface area contributed by atoms with E-state index in [1.165, 1.54) is 6.92 Å². The molecule has 0 aromatic rings. The summed E-state index contributed by atoms with van der Waals surface area (Å²) >= 11 is 0. The van der Waals surface area contributed by atoms with Gasteiger partial charge >= 0.3 is 6.18 Å². The molecule has 0 aromatic carbocycles. The summed E-state index contributed by atoms with van der Waals surface area (Å²) in [6.45, 7) is 10.1. The lowest BCUT2D eigenvalue weighted by Crippen LogP contribution is -2.17. The number of alkyl halides is 3. The highest BCUT2D eigenvalue weighted by atomic mass is 19.4. The molecule has 0 radical (unpaired) electrons. The van der Waals surface area contributed by atoms with Crippen LogP contribution in [0.3, 0.4) is 0 Å². The van der Waals surface area contributed by atoms with Crippen molar-refractivity contribution in [1.82, 2.24) is 0 Å². The van der Waals surface area contributed by atoms with E-state index in [-0.39, 0.29) is 0 Å². The van der Waals surface area contributed by atoms with Crippen LogP contribution in [-0.4, -0.2) is 12.0 Å². The topological polar surface area (TPSA) is 17.1 Å². The summed E-state index contributed by atoms with van der Waals surface area (Å²) in [7, 11) is 0. The van der Waals surface area contributed by atoms with Gasteiger partial charge in [-0.3, -0.25) is 4.79 Å². The van der Waals surface area contributed by atoms with Crippen LogP contribution in [0.2, 0.25) is 0 Å². The Bertz CT molecular complexity index is 169. The molecule has 0 aliphatic carbocycles. The van der Waals surface area contributed by atoms with Crippen LogP contribution in [0.5, 0.6) is 0 Å². The van der Waals surface area contributed by atoms with Crippen LogP contribution in [0.15, 0.2) is 11.6 Å². The molecule has 86 valence electrons. The largest absolute Gasteiger partial charge is 0.419 e. The molecule has 4 heteroatoms. The Kier molecular flexibility index (Phi) is 13.9. The minimum absolute atomic E-state index is 0.766. The van der Waals surface area contributed by atoms with Crippen LogP contribution < -0.4 is 0 Å². The summed E-state index contributed by atoms with van der Waals surface area (Å²) in [5.74, 6) is -0.949. The summed E-state index contributed by atoms with van der Waals surface area (Å²) in [5.41, 5.74) is -1.09. The number of hydrogen-bond donors (Lipinski definition) is 0. The Hall–Kier alpha value is -0.800. The van der Waals surface area contributed by atoms with Crippen molar-refractivity contribution in [2.75, 3.05) is 0 Å². The summed E-state index contributed by atoms with van der Waals surface area (Å²) < 4.78 is 35.0. The predicted molar refractivity (Wildman–Crippen MR) is 53.2 cm³/mol. The van der Waals surface area contributed by atoms with E-state index >= 15 is 0 Å². The van der Waals surface area contributed by atoms with Gasteiger partial charge in [0.15, 0.2) is 5.78 Å². The number of rotatable bonds is 1. The highest BCUT2D eigenvalue weighted by Crippen LogP contribution is 2.25. The van der Waals surface area contributed by atoms with Crippen molar-refractivity contribution in [1.29, 1.82) is 0 Å². The SMILES string of the molecule is C/C=C(\C(C)=O)C(F)(F)F.CC.CC. The van der Waals surface area contributed by atoms with Gasteiger partial charge in [0.05, 0.1) is 5.57 Å². The minimum atomic E-state index is -4.50. The molecule has 0 saturated carbocycles. The fourth-order valence-electron chi connectivity index (χ4n) is 0.567. The van der Waals surface area contributed by atoms with Gasteiger partial charge in [-0.1, -0.05) is 33.8 Å². The molecule has 0 aliphatic rings. The van der Waals surface area contributed by atoms with Gasteiger partial charge in [0.25, 0.3) is 0 Å². The van der Waals surface area contributed by atoms with Gasteiger partial charge in [0.1, 0.15) is 0 Å². The van der Waals surface area contributed by atoms with Crippen LogP contribution in [0.4, 0.5) is 13.2 Å². The molecule has 0 saturated heterocycles. The van der Waals surface area contributed by atoms with Crippen molar-refractivity contribution < 1.29 is 18.0 Å². The number of allylic oxidation sites excluding steroid dienone is 2. The second-order valence-corrected chi connectivity index (χ2v) is 1.76. The van der Waals surface area contributed by atoms with E-state index in [1.807, 2.05) is 27.7 Å². The Balaban J connectivity index is -0.000000266. The second kappa shape index (κ2) is 10.3. The number of ketones is 1. The van der Waals surface area contributed by atoms with E-state index < -0.39 is 17.5 Å². The second-order valence-electron chi connectivity index (χ2n) is 1.76. The highest BCUT2D eigenvalue weighted by molar-refractivity contribution is 5.94. The van der Waals surface area contributed by atoms with Gasteiger partial charge in [-0.25, -0.2) is 0 Å². The van der Waals surface area contributed by atoms with Gasteiger partial charge < -0.3 is 0 Å². The third-order valence-electron chi connectivity index (χ3n) is 0.973. The maximum absolute atomic E-state index is 11.7. The van der Waals surface area contributed by atoms with Crippen molar-refractivity contribution in [2.45, 2.75) is 47.7 Å². The summed E-state index contributed by atoms with van der Waals surface area (Å²) in [6, 6.07) is 0. The molecule has 14 heavy (non-hydrogen) atoms. The molecule has 0 heterocycles. The monoisotopic (exact) mass is 212 g/mol. The van der Waals surface area contributed by atoms with Crippen LogP contribution in [0, 0.1) is 0 Å². The molecule has 0 amide bonds. The van der Waals surface area contributed by atoms with Gasteiger partial charge in [-0.2, -0.15) is 13.2 Å². The number of halogens is 3. The Morgan fingerprint density at radius 2 is 1.36 bits per heavy atom. The van der Waals surface area contributed by atoms with E-state index in [0.29, 0.717) is 0 Å². The molecule has 0 bridgehead atoms. The van der Waals surface area contributed by atoms with Crippen LogP contribution in [0.25, 0.3) is 0 Å². The van der Waals surface area contributed by atoms with E-state index in [9.17, 15) is 18.0 Å². The fourth-order valence-corrected chi connectivity index (χ4v) is 0.567. The number of Topliss-reactive ketones (excluding diaryl/α,β-unsaturated/α-hetero) is 1. The zero-order valence-corrected chi connectivity index (χ0v) is 9.62. The smallest absolute Gasteiger partial charge is 0.295 e. The standard InChI is InChI=1S/C6H7F3O.2C2H6/c1-3-5(4(2)10)6(7,8)9;2*1-2/h3H,1-2H3;2*1-2H3/b5-3+;;. The van der Waals surface area contributed by atoms with Gasteiger partial charge in [-0.05, 0) is 13.8 Å². The maximum Gasteiger partial charge on any atom is 0.419 e. The maximum atomic E-state index is 11.7. The summed E-state index contributed by atoms with van der Waals surface area (Å²) in [4.78, 5) is 10.2. The molecular formula is C10H19F3O. The summed E-state index contributed by atoms with van der Waals surface area (Å²) in [5, 5.41) is 0. The first-order valence-corrected chi connectivity index (χ1v) is 4.64. The molecule has 0 rings (SSSR count). The molecule has 0 aromatic heterocycles. The first-order chi connectivity index (χ1) is 6.39. The Morgan fingerprint density at radius 1 is 1.07 bits per heavy atom. The molecule has 0 spiro atoms. The molecule has 0 aliphatic heterocycles.